The van der Waals surface area contributed by atoms with Crippen LogP contribution in [0.2, 0.25) is 0 Å². The van der Waals surface area contributed by atoms with E-state index in [-0.39, 0.29) is 5.54 Å². The van der Waals surface area contributed by atoms with E-state index in [2.05, 4.69) is 42.2 Å². The minimum absolute atomic E-state index is 0.246. The molecule has 82 valence electrons. The second kappa shape index (κ2) is 4.23. The highest BCUT2D eigenvalue weighted by Gasteiger charge is 2.40. The van der Waals surface area contributed by atoms with Crippen LogP contribution in [0.3, 0.4) is 0 Å². The van der Waals surface area contributed by atoms with E-state index in [1.807, 2.05) is 0 Å². The van der Waals surface area contributed by atoms with Crippen molar-refractivity contribution in [2.24, 2.45) is 5.73 Å². The lowest BCUT2D eigenvalue weighted by Gasteiger charge is -2.50. The fourth-order valence-corrected chi connectivity index (χ4v) is 2.57. The van der Waals surface area contributed by atoms with E-state index in [1.165, 1.54) is 24.9 Å². The van der Waals surface area contributed by atoms with Gasteiger partial charge in [-0.05, 0) is 38.3 Å². The molecule has 0 radical (unpaired) electrons. The summed E-state index contributed by atoms with van der Waals surface area (Å²) in [5.41, 5.74) is 7.50. The molecule has 15 heavy (non-hydrogen) atoms. The minimum atomic E-state index is 0.246. The minimum Gasteiger partial charge on any atom is -0.365 e. The van der Waals surface area contributed by atoms with Crippen molar-refractivity contribution in [2.45, 2.75) is 31.7 Å². The lowest BCUT2D eigenvalue weighted by atomic mass is 9.75. The average Bonchev–Trinajstić information content (AvgIpc) is 2.24. The molecule has 1 aromatic carbocycles. The SMILES string of the molecule is CCN(c1ccccc1)C1(CN)CCC1. The molecule has 1 fully saturated rings. The zero-order valence-corrected chi connectivity index (χ0v) is 9.45. The molecular weight excluding hydrogens is 184 g/mol. The molecule has 0 spiro atoms. The van der Waals surface area contributed by atoms with Crippen molar-refractivity contribution in [1.29, 1.82) is 0 Å². The Kier molecular flexibility index (Phi) is 2.96. The maximum atomic E-state index is 5.94. The first-order valence-corrected chi connectivity index (χ1v) is 5.85. The second-order valence-corrected chi connectivity index (χ2v) is 4.36. The predicted octanol–water partition coefficient (Wildman–Crippen LogP) is 2.39. The van der Waals surface area contributed by atoms with Crippen LogP contribution in [0.25, 0.3) is 0 Å². The molecule has 0 saturated heterocycles. The van der Waals surface area contributed by atoms with Gasteiger partial charge in [-0.2, -0.15) is 0 Å². The van der Waals surface area contributed by atoms with Crippen LogP contribution in [0, 0.1) is 0 Å². The predicted molar refractivity (Wildman–Crippen MR) is 65.1 cm³/mol. The van der Waals surface area contributed by atoms with Gasteiger partial charge >= 0.3 is 0 Å². The van der Waals surface area contributed by atoms with Crippen molar-refractivity contribution in [1.82, 2.24) is 0 Å². The van der Waals surface area contributed by atoms with Crippen molar-refractivity contribution < 1.29 is 0 Å². The molecule has 0 heterocycles. The zero-order valence-electron chi connectivity index (χ0n) is 9.45. The number of nitrogens with zero attached hydrogens (tertiary/aromatic N) is 1. The first kappa shape index (κ1) is 10.5. The molecule has 2 rings (SSSR count). The first-order valence-electron chi connectivity index (χ1n) is 5.85. The van der Waals surface area contributed by atoms with E-state index in [0.717, 1.165) is 13.1 Å². The maximum Gasteiger partial charge on any atom is 0.0524 e. The number of hydrogen-bond acceptors (Lipinski definition) is 2. The fourth-order valence-electron chi connectivity index (χ4n) is 2.57. The summed E-state index contributed by atoms with van der Waals surface area (Å²) in [5, 5.41) is 0. The summed E-state index contributed by atoms with van der Waals surface area (Å²) < 4.78 is 0. The number of rotatable bonds is 4. The summed E-state index contributed by atoms with van der Waals surface area (Å²) in [7, 11) is 0. The highest BCUT2D eigenvalue weighted by atomic mass is 15.2. The Bertz CT molecular complexity index is 298. The van der Waals surface area contributed by atoms with Crippen LogP contribution in [0.1, 0.15) is 26.2 Å². The molecule has 1 aliphatic carbocycles. The van der Waals surface area contributed by atoms with Gasteiger partial charge in [-0.15, -0.1) is 0 Å². The summed E-state index contributed by atoms with van der Waals surface area (Å²) >= 11 is 0. The van der Waals surface area contributed by atoms with Crippen LogP contribution in [0.5, 0.6) is 0 Å². The fraction of sp³-hybridized carbons (Fsp3) is 0.538. The number of benzene rings is 1. The molecule has 1 aliphatic rings. The molecule has 0 aromatic heterocycles. The van der Waals surface area contributed by atoms with E-state index in [1.54, 1.807) is 0 Å². The van der Waals surface area contributed by atoms with Crippen LogP contribution in [0.15, 0.2) is 30.3 Å². The zero-order chi connectivity index (χ0) is 10.7. The van der Waals surface area contributed by atoms with Crippen molar-refractivity contribution >= 4 is 5.69 Å². The van der Waals surface area contributed by atoms with E-state index in [4.69, 9.17) is 5.73 Å². The van der Waals surface area contributed by atoms with Crippen LogP contribution in [-0.2, 0) is 0 Å². The van der Waals surface area contributed by atoms with Crippen molar-refractivity contribution in [3.63, 3.8) is 0 Å². The molecule has 0 unspecified atom stereocenters. The molecule has 0 atom stereocenters. The van der Waals surface area contributed by atoms with Gasteiger partial charge in [0.2, 0.25) is 0 Å². The van der Waals surface area contributed by atoms with Gasteiger partial charge in [0.25, 0.3) is 0 Å². The quantitative estimate of drug-likeness (QED) is 0.816. The molecule has 0 aliphatic heterocycles. The lowest BCUT2D eigenvalue weighted by molar-refractivity contribution is 0.238. The van der Waals surface area contributed by atoms with E-state index in [0.29, 0.717) is 0 Å². The highest BCUT2D eigenvalue weighted by molar-refractivity contribution is 5.49. The smallest absolute Gasteiger partial charge is 0.0524 e. The maximum absolute atomic E-state index is 5.94. The summed E-state index contributed by atoms with van der Waals surface area (Å²) in [5.74, 6) is 0. The standard InChI is InChI=1S/C13H20N2/c1-2-15(12-7-4-3-5-8-12)13(11-14)9-6-10-13/h3-5,7-8H,2,6,9-11,14H2,1H3. The van der Waals surface area contributed by atoms with Crippen LogP contribution < -0.4 is 10.6 Å². The van der Waals surface area contributed by atoms with Crippen LogP contribution >= 0.6 is 0 Å². The van der Waals surface area contributed by atoms with Gasteiger partial charge in [-0.25, -0.2) is 0 Å². The Labute approximate surface area is 92.1 Å². The Morgan fingerprint density at radius 1 is 1.27 bits per heavy atom. The number of anilines is 1. The number of nitrogens with two attached hydrogens (primary N) is 1. The first-order chi connectivity index (χ1) is 7.32. The second-order valence-electron chi connectivity index (χ2n) is 4.36. The summed E-state index contributed by atoms with van der Waals surface area (Å²) in [6.45, 7) is 4.03. The van der Waals surface area contributed by atoms with Gasteiger partial charge in [0.15, 0.2) is 0 Å². The molecule has 2 heteroatoms. The van der Waals surface area contributed by atoms with Crippen LogP contribution in [-0.4, -0.2) is 18.6 Å². The summed E-state index contributed by atoms with van der Waals surface area (Å²) in [6.07, 6.45) is 3.80. The summed E-state index contributed by atoms with van der Waals surface area (Å²) in [4.78, 5) is 2.47. The third-order valence-corrected chi connectivity index (χ3v) is 3.62. The molecule has 2 nitrogen and oxygen atoms in total. The monoisotopic (exact) mass is 204 g/mol. The normalized spacial score (nSPS) is 18.3. The summed E-state index contributed by atoms with van der Waals surface area (Å²) in [6, 6.07) is 10.6. The Morgan fingerprint density at radius 3 is 2.33 bits per heavy atom. The third-order valence-electron chi connectivity index (χ3n) is 3.62. The van der Waals surface area contributed by atoms with Gasteiger partial charge in [0, 0.05) is 18.8 Å². The van der Waals surface area contributed by atoms with Crippen molar-refractivity contribution in [2.75, 3.05) is 18.0 Å². The third kappa shape index (κ3) is 1.74. The van der Waals surface area contributed by atoms with Crippen molar-refractivity contribution in [3.05, 3.63) is 30.3 Å². The average molecular weight is 204 g/mol. The van der Waals surface area contributed by atoms with Gasteiger partial charge in [-0.3, -0.25) is 0 Å². The largest absolute Gasteiger partial charge is 0.365 e. The van der Waals surface area contributed by atoms with E-state index < -0.39 is 0 Å². The molecule has 0 bridgehead atoms. The van der Waals surface area contributed by atoms with Gasteiger partial charge in [0.1, 0.15) is 0 Å². The number of para-hydroxylation sites is 1. The molecule has 1 aromatic rings. The van der Waals surface area contributed by atoms with E-state index >= 15 is 0 Å². The van der Waals surface area contributed by atoms with Crippen molar-refractivity contribution in [3.8, 4) is 0 Å². The molecule has 2 N–H and O–H groups in total. The van der Waals surface area contributed by atoms with Gasteiger partial charge in [-0.1, -0.05) is 18.2 Å². The van der Waals surface area contributed by atoms with Crippen LogP contribution in [0.4, 0.5) is 5.69 Å². The Morgan fingerprint density at radius 2 is 1.93 bits per heavy atom. The van der Waals surface area contributed by atoms with Gasteiger partial charge in [0.05, 0.1) is 5.54 Å². The van der Waals surface area contributed by atoms with Gasteiger partial charge < -0.3 is 10.6 Å². The topological polar surface area (TPSA) is 29.3 Å². The molecule has 1 saturated carbocycles. The number of likely N-dealkylation sites (N-methyl/N-ethyl adjacent to an activating group) is 1. The molecule has 0 amide bonds. The lowest BCUT2D eigenvalue weighted by Crippen LogP contribution is -2.58. The Hall–Kier alpha value is -1.02. The number of hydrogen-bond donors (Lipinski definition) is 1. The van der Waals surface area contributed by atoms with E-state index in [9.17, 15) is 0 Å². The Balaban J connectivity index is 2.24. The highest BCUT2D eigenvalue weighted by Crippen LogP contribution is 2.39. The molecular formula is C13H20N2.